The van der Waals surface area contributed by atoms with Crippen LogP contribution in [0.3, 0.4) is 0 Å². The average Bonchev–Trinajstić information content (AvgIpc) is 2.45. The number of imide groups is 1. The molecule has 1 aliphatic rings. The van der Waals surface area contributed by atoms with Crippen molar-refractivity contribution in [3.63, 3.8) is 0 Å². The van der Waals surface area contributed by atoms with Crippen molar-refractivity contribution >= 4 is 12.0 Å². The normalized spacial score (nSPS) is 35.1. The smallest absolute Gasteiger partial charge is 0.417 e. The Balaban J connectivity index is 3.07. The van der Waals surface area contributed by atoms with Crippen molar-refractivity contribution < 1.29 is 24.9 Å². The molecule has 92 valence electrons. The summed E-state index contributed by atoms with van der Waals surface area (Å²) < 4.78 is 34.7. The number of carbonyl (C=O) groups is 2. The highest BCUT2D eigenvalue weighted by Gasteiger charge is 2.42. The van der Waals surface area contributed by atoms with Crippen molar-refractivity contribution in [2.75, 3.05) is 6.61 Å². The van der Waals surface area contributed by atoms with E-state index in [1.165, 1.54) is 0 Å². The van der Waals surface area contributed by atoms with Crippen LogP contribution in [0.15, 0.2) is 0 Å². The Morgan fingerprint density at radius 2 is 2.38 bits per heavy atom. The zero-order chi connectivity index (χ0) is 15.9. The lowest BCUT2D eigenvalue weighted by molar-refractivity contribution is -0.131. The lowest BCUT2D eigenvalue weighted by atomic mass is 10.1. The summed E-state index contributed by atoms with van der Waals surface area (Å²) in [5.41, 5.74) is -0.868. The molecule has 1 unspecified atom stereocenters. The quantitative estimate of drug-likeness (QED) is 0.737. The summed E-state index contributed by atoms with van der Waals surface area (Å²) in [5, 5.41) is 9.25. The molecule has 2 amide bonds. The minimum Gasteiger partial charge on any atom is -0.443 e. The summed E-state index contributed by atoms with van der Waals surface area (Å²) in [7, 11) is 0. The number of hydrogen-bond acceptors (Lipinski definition) is 4. The van der Waals surface area contributed by atoms with E-state index in [9.17, 15) is 14.7 Å². The van der Waals surface area contributed by atoms with E-state index >= 15 is 0 Å². The molecule has 0 aromatic carbocycles. The third-order valence-electron chi connectivity index (χ3n) is 2.03. The standard InChI is InChI=1S/C11H19NO4/c1-7-5-8(6-13)12(9(7)14)10(15)16-11(2,3)4/h7-8,13H,5-6H2,1-4H3/t7-,8-/m0/s1/i1+0D3,5D/t5?,7-,8-. The van der Waals surface area contributed by atoms with E-state index < -0.39 is 49.4 Å². The molecule has 3 atom stereocenters. The van der Waals surface area contributed by atoms with E-state index in [4.69, 9.17) is 10.2 Å². The van der Waals surface area contributed by atoms with Gasteiger partial charge in [-0.15, -0.1) is 0 Å². The maximum Gasteiger partial charge on any atom is 0.417 e. The summed E-state index contributed by atoms with van der Waals surface area (Å²) in [6, 6.07) is -1.21. The molecule has 1 N–H and O–H groups in total. The number of amides is 2. The monoisotopic (exact) mass is 233 g/mol. The Hall–Kier alpha value is -1.10. The lowest BCUT2D eigenvalue weighted by Gasteiger charge is -2.26. The molecule has 5 heteroatoms. The Kier molecular flexibility index (Phi) is 2.22. The number of aliphatic hydroxyl groups is 1. The average molecular weight is 233 g/mol. The number of likely N-dealkylation sites (tertiary alicyclic amines) is 1. The van der Waals surface area contributed by atoms with Crippen LogP contribution in [-0.4, -0.2) is 40.3 Å². The Labute approximate surface area is 101 Å². The highest BCUT2D eigenvalue weighted by molar-refractivity contribution is 5.95. The predicted molar refractivity (Wildman–Crippen MR) is 57.7 cm³/mol. The first-order valence-electron chi connectivity index (χ1n) is 7.07. The molecule has 1 saturated heterocycles. The van der Waals surface area contributed by atoms with Gasteiger partial charge in [-0.3, -0.25) is 4.79 Å². The first-order valence-corrected chi connectivity index (χ1v) is 4.99. The molecule has 0 radical (unpaired) electrons. The molecule has 0 aromatic heterocycles. The van der Waals surface area contributed by atoms with E-state index in [2.05, 4.69) is 0 Å². The van der Waals surface area contributed by atoms with Crippen LogP contribution < -0.4 is 0 Å². The van der Waals surface area contributed by atoms with Crippen molar-refractivity contribution in [1.82, 2.24) is 4.90 Å². The zero-order valence-electron chi connectivity index (χ0n) is 13.6. The molecule has 5 nitrogen and oxygen atoms in total. The summed E-state index contributed by atoms with van der Waals surface area (Å²) in [4.78, 5) is 24.6. The lowest BCUT2D eigenvalue weighted by Crippen LogP contribution is -2.44. The van der Waals surface area contributed by atoms with Crippen LogP contribution in [0.4, 0.5) is 4.79 Å². The van der Waals surface area contributed by atoms with E-state index in [0.29, 0.717) is 4.90 Å². The second-order valence-corrected chi connectivity index (χ2v) is 4.61. The van der Waals surface area contributed by atoms with Crippen molar-refractivity contribution in [3.8, 4) is 0 Å². The second-order valence-electron chi connectivity index (χ2n) is 4.61. The topological polar surface area (TPSA) is 66.8 Å². The Morgan fingerprint density at radius 3 is 2.81 bits per heavy atom. The van der Waals surface area contributed by atoms with Crippen molar-refractivity contribution in [1.29, 1.82) is 0 Å². The van der Waals surface area contributed by atoms with Gasteiger partial charge in [0.25, 0.3) is 0 Å². The first-order chi connectivity index (χ1) is 8.90. The Bertz CT molecular complexity index is 404. The molecule has 1 aliphatic heterocycles. The van der Waals surface area contributed by atoms with Gasteiger partial charge < -0.3 is 9.84 Å². The molecule has 1 heterocycles. The molecule has 0 spiro atoms. The number of carbonyl (C=O) groups excluding carboxylic acids is 2. The SMILES string of the molecule is [2H]C1[C@@H](CO)N(C(=O)OC(C)(C)C)C(=O)[C@H]1[12C]([2H])([2H])[2H]. The van der Waals surface area contributed by atoms with Crippen molar-refractivity contribution in [3.05, 3.63) is 0 Å². The fourth-order valence-electron chi connectivity index (χ4n) is 1.38. The van der Waals surface area contributed by atoms with Crippen LogP contribution in [0.25, 0.3) is 0 Å². The summed E-state index contributed by atoms with van der Waals surface area (Å²) >= 11 is 0. The Morgan fingerprint density at radius 1 is 1.75 bits per heavy atom. The molecule has 1 fully saturated rings. The van der Waals surface area contributed by atoms with Gasteiger partial charge in [-0.25, -0.2) is 9.69 Å². The van der Waals surface area contributed by atoms with Crippen LogP contribution >= 0.6 is 0 Å². The number of nitrogens with zero attached hydrogens (tertiary/aromatic N) is 1. The van der Waals surface area contributed by atoms with E-state index in [0.717, 1.165) is 0 Å². The van der Waals surface area contributed by atoms with E-state index in [-0.39, 0.29) is 0 Å². The zero-order valence-corrected chi connectivity index (χ0v) is 9.56. The minimum atomic E-state index is -2.70. The maximum atomic E-state index is 12.1. The third kappa shape index (κ3) is 2.72. The molecular formula is C11H19NO4. The number of rotatable bonds is 1. The van der Waals surface area contributed by atoms with E-state index in [1.54, 1.807) is 20.8 Å². The van der Waals surface area contributed by atoms with Crippen LogP contribution in [0.1, 0.15) is 39.5 Å². The molecule has 1 rings (SSSR count). The molecule has 0 aromatic rings. The van der Waals surface area contributed by atoms with Crippen LogP contribution in [0, 0.1) is 5.92 Å². The fraction of sp³-hybridized carbons (Fsp3) is 0.818. The van der Waals surface area contributed by atoms with Crippen LogP contribution in [-0.2, 0) is 9.53 Å². The van der Waals surface area contributed by atoms with Gasteiger partial charge in [-0.1, -0.05) is 6.85 Å². The first kappa shape index (κ1) is 8.06. The molecular weight excluding hydrogens is 210 g/mol. The highest BCUT2D eigenvalue weighted by atomic mass is 16.6. The van der Waals surface area contributed by atoms with Crippen LogP contribution in [0.5, 0.6) is 0 Å². The minimum absolute atomic E-state index is 0.556. The van der Waals surface area contributed by atoms with Gasteiger partial charge >= 0.3 is 6.09 Å². The van der Waals surface area contributed by atoms with Crippen molar-refractivity contribution in [2.24, 2.45) is 5.92 Å². The summed E-state index contributed by atoms with van der Waals surface area (Å²) in [6.07, 6.45) is -2.45. The molecule has 0 aliphatic carbocycles. The van der Waals surface area contributed by atoms with Gasteiger partial charge in [0, 0.05) is 11.4 Å². The van der Waals surface area contributed by atoms with Gasteiger partial charge in [0.2, 0.25) is 5.91 Å². The summed E-state index contributed by atoms with van der Waals surface area (Å²) in [5.74, 6) is -2.63. The van der Waals surface area contributed by atoms with Gasteiger partial charge in [0.1, 0.15) is 5.60 Å². The van der Waals surface area contributed by atoms with Gasteiger partial charge in [0.05, 0.1) is 12.6 Å². The largest absolute Gasteiger partial charge is 0.443 e. The molecule has 0 saturated carbocycles. The molecule has 16 heavy (non-hydrogen) atoms. The highest BCUT2D eigenvalue weighted by Crippen LogP contribution is 2.26. The maximum absolute atomic E-state index is 12.1. The number of aliphatic hydroxyl groups excluding tert-OH is 1. The van der Waals surface area contributed by atoms with Crippen LogP contribution in [0.2, 0.25) is 0 Å². The van der Waals surface area contributed by atoms with Gasteiger partial charge in [0.15, 0.2) is 0 Å². The molecule has 0 bridgehead atoms. The van der Waals surface area contributed by atoms with E-state index in [1.807, 2.05) is 0 Å². The summed E-state index contributed by atoms with van der Waals surface area (Å²) in [6.45, 7) is 1.41. The fourth-order valence-corrected chi connectivity index (χ4v) is 1.38. The second kappa shape index (κ2) is 4.41. The van der Waals surface area contributed by atoms with Crippen molar-refractivity contribution in [2.45, 2.75) is 45.7 Å². The number of hydrogen-bond donors (Lipinski definition) is 1. The van der Waals surface area contributed by atoms with Gasteiger partial charge in [-0.05, 0) is 27.2 Å². The number of ether oxygens (including phenoxy) is 1. The predicted octanol–water partition coefficient (Wildman–Crippen LogP) is 1.15. The third-order valence-corrected chi connectivity index (χ3v) is 2.03. The van der Waals surface area contributed by atoms with Gasteiger partial charge in [-0.2, -0.15) is 0 Å².